The average Bonchev–Trinajstić information content (AvgIpc) is 2.75. The molecule has 0 amide bonds. The molecule has 0 aliphatic carbocycles. The molecule has 0 aliphatic heterocycles. The highest BCUT2D eigenvalue weighted by atomic mass is 32.1. The minimum absolute atomic E-state index is 0.528. The van der Waals surface area contributed by atoms with Gasteiger partial charge < -0.3 is 5.11 Å². The number of aryl methyl sites for hydroxylation is 2. The number of aliphatic hydroxyl groups is 1. The van der Waals surface area contributed by atoms with Gasteiger partial charge in [0.2, 0.25) is 0 Å². The van der Waals surface area contributed by atoms with Gasteiger partial charge in [-0.05, 0) is 11.4 Å². The van der Waals surface area contributed by atoms with E-state index in [0.717, 1.165) is 10.7 Å². The Hall–Kier alpha value is -1.13. The first-order valence-corrected chi connectivity index (χ1v) is 5.30. The minimum atomic E-state index is -0.528. The van der Waals surface area contributed by atoms with Gasteiger partial charge in [-0.25, -0.2) is 9.13 Å². The van der Waals surface area contributed by atoms with Gasteiger partial charge in [0.05, 0.1) is 14.1 Å². The fourth-order valence-corrected chi connectivity index (χ4v) is 2.27. The van der Waals surface area contributed by atoms with Crippen LogP contribution in [0.1, 0.15) is 16.8 Å². The standard InChI is InChI=1S/C10H13N2OS/c1-11-5-6-12(2)10(11)9(13)8-4-3-7-14-8/h3-7,9,13H,1-2H3/q+1. The van der Waals surface area contributed by atoms with Gasteiger partial charge in [0, 0.05) is 4.88 Å². The fourth-order valence-electron chi connectivity index (χ4n) is 1.56. The lowest BCUT2D eigenvalue weighted by Crippen LogP contribution is -2.33. The average molecular weight is 209 g/mol. The van der Waals surface area contributed by atoms with Crippen molar-refractivity contribution < 1.29 is 9.67 Å². The number of rotatable bonds is 2. The van der Waals surface area contributed by atoms with E-state index in [1.807, 2.05) is 53.1 Å². The van der Waals surface area contributed by atoms with Gasteiger partial charge in [-0.3, -0.25) is 0 Å². The third-order valence-electron chi connectivity index (χ3n) is 2.29. The molecule has 0 aromatic carbocycles. The molecule has 0 bridgehead atoms. The van der Waals surface area contributed by atoms with Crippen molar-refractivity contribution in [1.82, 2.24) is 4.57 Å². The molecule has 3 nitrogen and oxygen atoms in total. The Bertz CT molecular complexity index is 400. The molecule has 1 atom stereocenters. The quantitative estimate of drug-likeness (QED) is 0.734. The number of imidazole rings is 1. The van der Waals surface area contributed by atoms with E-state index in [4.69, 9.17) is 0 Å². The summed E-state index contributed by atoms with van der Waals surface area (Å²) in [7, 11) is 3.87. The number of hydrogen-bond acceptors (Lipinski definition) is 2. The zero-order valence-corrected chi connectivity index (χ0v) is 9.03. The lowest BCUT2D eigenvalue weighted by atomic mass is 10.3. The number of aliphatic hydroxyl groups excluding tert-OH is 1. The van der Waals surface area contributed by atoms with E-state index in [-0.39, 0.29) is 0 Å². The van der Waals surface area contributed by atoms with Crippen LogP contribution in [0.4, 0.5) is 0 Å². The lowest BCUT2D eigenvalue weighted by Gasteiger charge is -2.04. The molecule has 0 spiro atoms. The number of thiophene rings is 1. The zero-order chi connectivity index (χ0) is 10.1. The summed E-state index contributed by atoms with van der Waals surface area (Å²) >= 11 is 1.57. The zero-order valence-electron chi connectivity index (χ0n) is 8.21. The van der Waals surface area contributed by atoms with Crippen molar-refractivity contribution in [1.29, 1.82) is 0 Å². The highest BCUT2D eigenvalue weighted by Crippen LogP contribution is 2.23. The Morgan fingerprint density at radius 1 is 1.57 bits per heavy atom. The predicted molar refractivity (Wildman–Crippen MR) is 55.0 cm³/mol. The molecule has 0 saturated heterocycles. The van der Waals surface area contributed by atoms with Crippen LogP contribution in [0.2, 0.25) is 0 Å². The molecule has 2 aromatic heterocycles. The van der Waals surface area contributed by atoms with Crippen LogP contribution in [0, 0.1) is 0 Å². The van der Waals surface area contributed by atoms with Crippen molar-refractivity contribution in [2.24, 2.45) is 14.1 Å². The SMILES string of the molecule is Cn1cc[n+](C)c1C(O)c1cccs1. The molecular formula is C10H13N2OS+. The molecular weight excluding hydrogens is 196 g/mol. The monoisotopic (exact) mass is 209 g/mol. The van der Waals surface area contributed by atoms with Crippen LogP contribution >= 0.6 is 11.3 Å². The largest absolute Gasteiger partial charge is 0.376 e. The van der Waals surface area contributed by atoms with Crippen LogP contribution in [0.25, 0.3) is 0 Å². The van der Waals surface area contributed by atoms with Crippen LogP contribution < -0.4 is 4.57 Å². The van der Waals surface area contributed by atoms with Crippen molar-refractivity contribution in [3.8, 4) is 0 Å². The van der Waals surface area contributed by atoms with Crippen LogP contribution in [0.15, 0.2) is 29.9 Å². The molecule has 2 rings (SSSR count). The second-order valence-electron chi connectivity index (χ2n) is 3.30. The molecule has 0 saturated carbocycles. The third kappa shape index (κ3) is 1.47. The van der Waals surface area contributed by atoms with Gasteiger partial charge >= 0.3 is 0 Å². The normalized spacial score (nSPS) is 13.1. The van der Waals surface area contributed by atoms with Gasteiger partial charge in [-0.2, -0.15) is 0 Å². The fraction of sp³-hybridized carbons (Fsp3) is 0.300. The van der Waals surface area contributed by atoms with Gasteiger partial charge in [0.1, 0.15) is 12.4 Å². The Labute approximate surface area is 86.9 Å². The van der Waals surface area contributed by atoms with E-state index in [1.165, 1.54) is 0 Å². The Balaban J connectivity index is 2.41. The molecule has 0 aliphatic rings. The van der Waals surface area contributed by atoms with Crippen molar-refractivity contribution >= 4 is 11.3 Å². The minimum Gasteiger partial charge on any atom is -0.376 e. The van der Waals surface area contributed by atoms with E-state index in [0.29, 0.717) is 0 Å². The smallest absolute Gasteiger partial charge is 0.290 e. The topological polar surface area (TPSA) is 29.0 Å². The van der Waals surface area contributed by atoms with Crippen LogP contribution in [-0.2, 0) is 14.1 Å². The molecule has 4 heteroatoms. The Morgan fingerprint density at radius 3 is 2.86 bits per heavy atom. The third-order valence-corrected chi connectivity index (χ3v) is 3.22. The maximum absolute atomic E-state index is 10.1. The number of nitrogens with zero attached hydrogens (tertiary/aromatic N) is 2. The summed E-state index contributed by atoms with van der Waals surface area (Å²) in [4.78, 5) is 0.974. The summed E-state index contributed by atoms with van der Waals surface area (Å²) in [5.41, 5.74) is 0. The first-order chi connectivity index (χ1) is 6.70. The number of aromatic nitrogens is 2. The van der Waals surface area contributed by atoms with Gasteiger partial charge in [0.15, 0.2) is 6.10 Å². The maximum Gasteiger partial charge on any atom is 0.290 e. The molecule has 0 fully saturated rings. The second kappa shape index (κ2) is 3.55. The molecule has 1 N–H and O–H groups in total. The maximum atomic E-state index is 10.1. The second-order valence-corrected chi connectivity index (χ2v) is 4.28. The Kier molecular flexibility index (Phi) is 2.39. The summed E-state index contributed by atoms with van der Waals surface area (Å²) in [6, 6.07) is 3.90. The van der Waals surface area contributed by atoms with E-state index in [1.54, 1.807) is 11.3 Å². The first-order valence-electron chi connectivity index (χ1n) is 4.42. The van der Waals surface area contributed by atoms with Gasteiger partial charge in [-0.15, -0.1) is 11.3 Å². The molecule has 1 unspecified atom stereocenters. The highest BCUT2D eigenvalue weighted by Gasteiger charge is 2.23. The first kappa shape index (κ1) is 9.43. The van der Waals surface area contributed by atoms with Crippen LogP contribution in [0.5, 0.6) is 0 Å². The summed E-state index contributed by atoms with van der Waals surface area (Å²) < 4.78 is 3.87. The van der Waals surface area contributed by atoms with E-state index in [9.17, 15) is 5.11 Å². The molecule has 74 valence electrons. The molecule has 2 aromatic rings. The Morgan fingerprint density at radius 2 is 2.36 bits per heavy atom. The molecule has 2 heterocycles. The summed E-state index contributed by atoms with van der Waals surface area (Å²) in [6.07, 6.45) is 3.35. The number of hydrogen-bond donors (Lipinski definition) is 1. The van der Waals surface area contributed by atoms with E-state index >= 15 is 0 Å². The van der Waals surface area contributed by atoms with E-state index in [2.05, 4.69) is 0 Å². The summed E-state index contributed by atoms with van der Waals surface area (Å²) in [5.74, 6) is 0.896. The molecule has 0 radical (unpaired) electrons. The lowest BCUT2D eigenvalue weighted by molar-refractivity contribution is -0.681. The van der Waals surface area contributed by atoms with Crippen LogP contribution in [0.3, 0.4) is 0 Å². The van der Waals surface area contributed by atoms with Crippen molar-refractivity contribution in [3.63, 3.8) is 0 Å². The predicted octanol–water partition coefficient (Wildman–Crippen LogP) is 0.993. The van der Waals surface area contributed by atoms with Gasteiger partial charge in [-0.1, -0.05) is 6.07 Å². The highest BCUT2D eigenvalue weighted by molar-refractivity contribution is 7.10. The molecule has 14 heavy (non-hydrogen) atoms. The van der Waals surface area contributed by atoms with E-state index < -0.39 is 6.10 Å². The summed E-state index contributed by atoms with van der Waals surface area (Å²) in [6.45, 7) is 0. The summed E-state index contributed by atoms with van der Waals surface area (Å²) in [5, 5.41) is 12.1. The van der Waals surface area contributed by atoms with Crippen molar-refractivity contribution in [2.75, 3.05) is 0 Å². The van der Waals surface area contributed by atoms with Crippen LogP contribution in [-0.4, -0.2) is 9.67 Å². The van der Waals surface area contributed by atoms with Gasteiger partial charge in [0.25, 0.3) is 5.82 Å². The van der Waals surface area contributed by atoms with Crippen molar-refractivity contribution in [3.05, 3.63) is 40.6 Å². The van der Waals surface area contributed by atoms with Crippen molar-refractivity contribution in [2.45, 2.75) is 6.10 Å².